The standard InChI is InChI=1S/C18H24O8.C16H26O4.C13H24O2.C10H16O4/c1-5-18(2,3)17(22)24-7-10(19)25-13-8-6-9-12(11(8)15(20)23-4)16(21)26-14(9)13;1-4-13(2,3)12(17)20-16-7-11-5-14(18,9-16)8-15(19,6-11)10-16;1-5-12(3,4)11(14)15-13(6-2)9-7-8-10-13;1-4-10(2,3)9(12)14-7-5-8(11)13-6-7/h8-9,11-14H,5-7H2,1-4H3;11,18-19H,4-10H2,1-3H3;5-10H2,1-4H3;7H,4-6H2,1-3H3. The van der Waals surface area contributed by atoms with Crippen molar-refractivity contribution in [1.29, 1.82) is 0 Å². The molecule has 0 aromatic carbocycles. The van der Waals surface area contributed by atoms with Gasteiger partial charge in [0.25, 0.3) is 0 Å². The molecule has 18 heteroatoms. The SMILES string of the molecule is CCC(C)(C)C(=O)OC12CC3CC(O)(CC(O)(C3)C1)C2.CCC(C)(C)C(=O)OC1COC(=O)C1.CCC(C)(C)C(=O)OCC(=O)OC1C2CC3C1OC(=O)C3C2C(=O)OC.CCC1(OC(=O)C(C)(C)CC)CCCC1. The molecule has 0 aromatic heterocycles. The molecule has 9 fully saturated rings. The van der Waals surface area contributed by atoms with E-state index in [4.69, 9.17) is 37.9 Å². The lowest BCUT2D eigenvalue weighted by Crippen LogP contribution is -2.67. The second-order valence-corrected chi connectivity index (χ2v) is 25.6. The van der Waals surface area contributed by atoms with Crippen LogP contribution in [0.1, 0.15) is 199 Å². The maximum absolute atomic E-state index is 12.4. The molecular weight excluding hydrogens is 973 g/mol. The summed E-state index contributed by atoms with van der Waals surface area (Å²) in [5, 5.41) is 21.3. The Morgan fingerprint density at radius 2 is 1.19 bits per heavy atom. The third-order valence-corrected chi connectivity index (χ3v) is 18.2. The van der Waals surface area contributed by atoms with Crippen LogP contribution >= 0.6 is 0 Å². The van der Waals surface area contributed by atoms with Crippen molar-refractivity contribution < 1.29 is 86.5 Å². The van der Waals surface area contributed by atoms with Crippen LogP contribution in [0.5, 0.6) is 0 Å². The molecule has 7 aliphatic carbocycles. The van der Waals surface area contributed by atoms with E-state index in [0.29, 0.717) is 38.5 Å². The zero-order chi connectivity index (χ0) is 56.3. The highest BCUT2D eigenvalue weighted by Crippen LogP contribution is 2.61. The maximum Gasteiger partial charge on any atom is 0.344 e. The van der Waals surface area contributed by atoms with Crippen LogP contribution in [0.4, 0.5) is 0 Å². The molecule has 9 aliphatic rings. The van der Waals surface area contributed by atoms with Gasteiger partial charge in [0, 0.05) is 31.1 Å². The number of hydrogen-bond acceptors (Lipinski definition) is 18. The van der Waals surface area contributed by atoms with Gasteiger partial charge in [-0.15, -0.1) is 0 Å². The van der Waals surface area contributed by atoms with Gasteiger partial charge in [-0.25, -0.2) is 4.79 Å². The fourth-order valence-electron chi connectivity index (χ4n) is 12.1. The Labute approximate surface area is 444 Å². The molecule has 0 aromatic rings. The second-order valence-electron chi connectivity index (χ2n) is 25.6. The van der Waals surface area contributed by atoms with Crippen LogP contribution in [-0.4, -0.2) is 119 Å². The fraction of sp³-hybridized carbons (Fsp3) is 0.860. The Bertz CT molecular complexity index is 2100. The predicted molar refractivity (Wildman–Crippen MR) is 271 cm³/mol. The Morgan fingerprint density at radius 1 is 0.667 bits per heavy atom. The molecule has 2 aliphatic heterocycles. The normalized spacial score (nSPS) is 32.5. The van der Waals surface area contributed by atoms with Crippen molar-refractivity contribution in [3.63, 3.8) is 0 Å². The number of carbonyl (C=O) groups is 8. The average Bonchev–Trinajstić information content (AvgIpc) is 4.17. The first-order valence-electron chi connectivity index (χ1n) is 27.6. The van der Waals surface area contributed by atoms with Crippen molar-refractivity contribution in [3.05, 3.63) is 0 Å². The molecular formula is C57H90O18. The summed E-state index contributed by atoms with van der Waals surface area (Å²) in [6, 6.07) is 0. The van der Waals surface area contributed by atoms with E-state index in [-0.39, 0.29) is 71.8 Å². The van der Waals surface area contributed by atoms with Crippen LogP contribution in [0.2, 0.25) is 0 Å². The number of fused-ring (bicyclic) bond motifs is 1. The first kappa shape index (κ1) is 61.5. The highest BCUT2D eigenvalue weighted by molar-refractivity contribution is 5.86. The van der Waals surface area contributed by atoms with Gasteiger partial charge in [0.15, 0.2) is 6.61 Å². The Kier molecular flexibility index (Phi) is 19.1. The van der Waals surface area contributed by atoms with Crippen LogP contribution in [0.15, 0.2) is 0 Å². The molecule has 75 heavy (non-hydrogen) atoms. The summed E-state index contributed by atoms with van der Waals surface area (Å²) in [6.45, 7) is 24.4. The summed E-state index contributed by atoms with van der Waals surface area (Å²) >= 11 is 0. The Morgan fingerprint density at radius 3 is 1.67 bits per heavy atom. The number of cyclic esters (lactones) is 1. The summed E-state index contributed by atoms with van der Waals surface area (Å²) in [5.41, 5.74) is -4.46. The highest BCUT2D eigenvalue weighted by atomic mass is 16.6. The average molecular weight is 1060 g/mol. The van der Waals surface area contributed by atoms with Crippen molar-refractivity contribution in [3.8, 4) is 0 Å². The van der Waals surface area contributed by atoms with Crippen molar-refractivity contribution in [2.24, 2.45) is 51.2 Å². The smallest absolute Gasteiger partial charge is 0.344 e. The second kappa shape index (κ2) is 23.3. The van der Waals surface area contributed by atoms with Gasteiger partial charge in [-0.2, -0.15) is 0 Å². The predicted octanol–water partition coefficient (Wildman–Crippen LogP) is 7.99. The molecule has 0 amide bonds. The molecule has 18 nitrogen and oxygen atoms in total. The minimum Gasteiger partial charge on any atom is -0.469 e. The topological polar surface area (TPSA) is 251 Å². The largest absolute Gasteiger partial charge is 0.469 e. The molecule has 0 radical (unpaired) electrons. The number of ether oxygens (including phenoxy) is 8. The minimum atomic E-state index is -0.842. The van der Waals surface area contributed by atoms with Gasteiger partial charge in [-0.3, -0.25) is 33.6 Å². The number of rotatable bonds is 16. The summed E-state index contributed by atoms with van der Waals surface area (Å²) in [4.78, 5) is 95.0. The van der Waals surface area contributed by atoms with Gasteiger partial charge in [0.05, 0.1) is 58.2 Å². The molecule has 9 atom stereocenters. The number of methoxy groups -OCH3 is 1. The molecule has 2 heterocycles. The van der Waals surface area contributed by atoms with E-state index < -0.39 is 87.6 Å². The fourth-order valence-corrected chi connectivity index (χ4v) is 12.1. The monoisotopic (exact) mass is 1060 g/mol. The van der Waals surface area contributed by atoms with Crippen molar-refractivity contribution in [2.75, 3.05) is 20.3 Å². The molecule has 6 bridgehead atoms. The third kappa shape index (κ3) is 14.1. The molecule has 0 spiro atoms. The maximum atomic E-state index is 12.4. The van der Waals surface area contributed by atoms with Crippen LogP contribution in [0.25, 0.3) is 0 Å². The van der Waals surface area contributed by atoms with Gasteiger partial charge >= 0.3 is 47.8 Å². The summed E-state index contributed by atoms with van der Waals surface area (Å²) in [5.74, 6) is -4.26. The summed E-state index contributed by atoms with van der Waals surface area (Å²) in [7, 11) is 1.27. The van der Waals surface area contributed by atoms with Crippen molar-refractivity contribution in [1.82, 2.24) is 0 Å². The van der Waals surface area contributed by atoms with Crippen LogP contribution in [-0.2, 0) is 76.3 Å². The first-order valence-corrected chi connectivity index (χ1v) is 27.6. The van der Waals surface area contributed by atoms with Crippen LogP contribution in [0.3, 0.4) is 0 Å². The lowest BCUT2D eigenvalue weighted by molar-refractivity contribution is -0.264. The number of carbonyl (C=O) groups excluding carboxylic acids is 8. The number of hydrogen-bond donors (Lipinski definition) is 2. The van der Waals surface area contributed by atoms with Crippen molar-refractivity contribution >= 4 is 47.8 Å². The van der Waals surface area contributed by atoms with Gasteiger partial charge in [-0.05, 0) is 145 Å². The molecule has 9 rings (SSSR count). The van der Waals surface area contributed by atoms with Crippen LogP contribution in [0, 0.1) is 51.2 Å². The Balaban J connectivity index is 0.000000191. The zero-order valence-electron chi connectivity index (χ0n) is 47.5. The highest BCUT2D eigenvalue weighted by Gasteiger charge is 2.70. The van der Waals surface area contributed by atoms with E-state index in [2.05, 4.69) is 6.92 Å². The summed E-state index contributed by atoms with van der Waals surface area (Å²) < 4.78 is 42.1. The first-order chi connectivity index (χ1) is 34.7. The summed E-state index contributed by atoms with van der Waals surface area (Å²) in [6.07, 6.45) is 11.1. The quantitative estimate of drug-likeness (QED) is 0.110. The van der Waals surface area contributed by atoms with Crippen molar-refractivity contribution in [2.45, 2.75) is 240 Å². The van der Waals surface area contributed by atoms with E-state index >= 15 is 0 Å². The third-order valence-electron chi connectivity index (χ3n) is 18.2. The van der Waals surface area contributed by atoms with E-state index in [1.165, 1.54) is 20.0 Å². The molecule has 426 valence electrons. The molecule has 9 unspecified atom stereocenters. The zero-order valence-corrected chi connectivity index (χ0v) is 47.5. The molecule has 7 saturated carbocycles. The van der Waals surface area contributed by atoms with E-state index in [0.717, 1.165) is 51.4 Å². The van der Waals surface area contributed by atoms with E-state index in [1.807, 2.05) is 69.2 Å². The lowest BCUT2D eigenvalue weighted by Gasteiger charge is -2.62. The van der Waals surface area contributed by atoms with E-state index in [9.17, 15) is 48.6 Å². The molecule has 2 N–H and O–H groups in total. The molecule has 2 saturated heterocycles. The Hall–Kier alpha value is -4.32. The van der Waals surface area contributed by atoms with Gasteiger partial charge < -0.3 is 48.1 Å². The van der Waals surface area contributed by atoms with Crippen LogP contribution < -0.4 is 0 Å². The lowest BCUT2D eigenvalue weighted by atomic mass is 9.50. The van der Waals surface area contributed by atoms with Gasteiger partial charge in [0.2, 0.25) is 0 Å². The number of esters is 8. The number of aliphatic hydroxyl groups is 2. The van der Waals surface area contributed by atoms with E-state index in [1.54, 1.807) is 13.8 Å². The minimum absolute atomic E-state index is 0.0197. The van der Waals surface area contributed by atoms with Gasteiger partial charge in [0.1, 0.15) is 36.1 Å². The van der Waals surface area contributed by atoms with Gasteiger partial charge in [-0.1, -0.05) is 34.6 Å².